The summed E-state index contributed by atoms with van der Waals surface area (Å²) in [6, 6.07) is 4.66. The van der Waals surface area contributed by atoms with Crippen LogP contribution >= 0.6 is 11.6 Å². The number of nitrogens with one attached hydrogen (secondary N) is 2. The fraction of sp³-hybridized carbons (Fsp3) is 0.500. The summed E-state index contributed by atoms with van der Waals surface area (Å²) in [6.07, 6.45) is 0. The molecule has 2 N–H and O–H groups in total. The Hall–Kier alpha value is -1.17. The number of nitrogens with zero attached hydrogens (tertiary/aromatic N) is 1. The summed E-state index contributed by atoms with van der Waals surface area (Å²) in [5, 5.41) is 6.33. The summed E-state index contributed by atoms with van der Waals surface area (Å²) < 4.78 is 12.9. The van der Waals surface area contributed by atoms with E-state index in [4.69, 9.17) is 11.6 Å². The van der Waals surface area contributed by atoms with E-state index in [1.54, 1.807) is 0 Å². The Balaban J connectivity index is 1.92. The maximum atomic E-state index is 12.9. The van der Waals surface area contributed by atoms with Crippen molar-refractivity contribution in [2.24, 2.45) is 0 Å². The lowest BCUT2D eigenvalue weighted by molar-refractivity contribution is -0.117. The molecule has 0 spiro atoms. The fourth-order valence-electron chi connectivity index (χ4n) is 2.55. The monoisotopic (exact) mass is 299 g/mol. The summed E-state index contributed by atoms with van der Waals surface area (Å²) >= 11 is 5.88. The van der Waals surface area contributed by atoms with Crippen molar-refractivity contribution in [1.29, 1.82) is 0 Å². The molecule has 1 heterocycles. The summed E-state index contributed by atoms with van der Waals surface area (Å²) in [7, 11) is 0. The molecule has 1 aromatic carbocycles. The van der Waals surface area contributed by atoms with Gasteiger partial charge in [-0.1, -0.05) is 11.6 Å². The number of hydrogen-bond donors (Lipinski definition) is 2. The third-order valence-electron chi connectivity index (χ3n) is 3.21. The van der Waals surface area contributed by atoms with Crippen molar-refractivity contribution in [3.8, 4) is 0 Å². The van der Waals surface area contributed by atoms with Gasteiger partial charge in [0, 0.05) is 25.2 Å². The third-order valence-corrected chi connectivity index (χ3v) is 3.52. The van der Waals surface area contributed by atoms with Crippen molar-refractivity contribution in [3.05, 3.63) is 29.0 Å². The number of carbonyl (C=O) groups excluding carboxylic acids is 1. The number of anilines is 1. The normalized spacial score (nSPS) is 23.6. The first-order valence-corrected chi connectivity index (χ1v) is 7.05. The first-order chi connectivity index (χ1) is 9.44. The van der Waals surface area contributed by atoms with Crippen LogP contribution in [0.3, 0.4) is 0 Å². The van der Waals surface area contributed by atoms with E-state index in [1.165, 1.54) is 18.2 Å². The van der Waals surface area contributed by atoms with E-state index < -0.39 is 5.82 Å². The standard InChI is InChI=1S/C14H19ClFN3O/c1-9-6-19(7-10(2)17-9)8-14(20)18-13-4-3-11(16)5-12(13)15/h3-5,9-10,17H,6-8H2,1-2H3,(H,18,20). The number of halogens is 2. The maximum absolute atomic E-state index is 12.9. The molecule has 2 atom stereocenters. The molecule has 0 saturated carbocycles. The van der Waals surface area contributed by atoms with Crippen LogP contribution in [0.2, 0.25) is 5.02 Å². The summed E-state index contributed by atoms with van der Waals surface area (Å²) in [4.78, 5) is 14.1. The van der Waals surface area contributed by atoms with Gasteiger partial charge in [0.05, 0.1) is 17.3 Å². The highest BCUT2D eigenvalue weighted by atomic mass is 35.5. The Bertz CT molecular complexity index is 487. The number of amides is 1. The second-order valence-corrected chi connectivity index (χ2v) is 5.74. The van der Waals surface area contributed by atoms with Crippen LogP contribution in [0.1, 0.15) is 13.8 Å². The largest absolute Gasteiger partial charge is 0.324 e. The molecule has 1 saturated heterocycles. The van der Waals surface area contributed by atoms with Gasteiger partial charge in [0.1, 0.15) is 5.82 Å². The van der Waals surface area contributed by atoms with Crippen molar-refractivity contribution in [3.63, 3.8) is 0 Å². The predicted octanol–water partition coefficient (Wildman–Crippen LogP) is 2.10. The van der Waals surface area contributed by atoms with E-state index in [-0.39, 0.29) is 10.9 Å². The highest BCUT2D eigenvalue weighted by molar-refractivity contribution is 6.33. The zero-order valence-electron chi connectivity index (χ0n) is 11.6. The second kappa shape index (κ2) is 6.52. The molecule has 0 bridgehead atoms. The average molecular weight is 300 g/mol. The predicted molar refractivity (Wildman–Crippen MR) is 78.5 cm³/mol. The summed E-state index contributed by atoms with van der Waals surface area (Å²) in [5.41, 5.74) is 0.439. The first-order valence-electron chi connectivity index (χ1n) is 6.67. The number of hydrogen-bond acceptors (Lipinski definition) is 3. The molecule has 0 aliphatic carbocycles. The minimum absolute atomic E-state index is 0.139. The SMILES string of the molecule is CC1CN(CC(=O)Nc2ccc(F)cc2Cl)CC(C)N1. The van der Waals surface area contributed by atoms with Crippen LogP contribution in [0, 0.1) is 5.82 Å². The lowest BCUT2D eigenvalue weighted by atomic mass is 10.1. The van der Waals surface area contributed by atoms with Gasteiger partial charge in [0.15, 0.2) is 0 Å². The van der Waals surface area contributed by atoms with Crippen LogP contribution in [0.15, 0.2) is 18.2 Å². The van der Waals surface area contributed by atoms with Gasteiger partial charge >= 0.3 is 0 Å². The van der Waals surface area contributed by atoms with Gasteiger partial charge in [-0.25, -0.2) is 4.39 Å². The van der Waals surface area contributed by atoms with Crippen LogP contribution in [0.5, 0.6) is 0 Å². The Kier molecular flexibility index (Phi) is 4.96. The molecule has 1 amide bonds. The second-order valence-electron chi connectivity index (χ2n) is 5.34. The van der Waals surface area contributed by atoms with Crippen LogP contribution < -0.4 is 10.6 Å². The minimum atomic E-state index is -0.419. The molecule has 0 radical (unpaired) electrons. The lowest BCUT2D eigenvalue weighted by Crippen LogP contribution is -2.55. The Morgan fingerprint density at radius 3 is 2.70 bits per heavy atom. The van der Waals surface area contributed by atoms with Crippen molar-refractivity contribution >= 4 is 23.2 Å². The quantitative estimate of drug-likeness (QED) is 0.898. The average Bonchev–Trinajstić information content (AvgIpc) is 2.31. The van der Waals surface area contributed by atoms with Crippen molar-refractivity contribution < 1.29 is 9.18 Å². The molecule has 110 valence electrons. The van der Waals surface area contributed by atoms with Crippen molar-refractivity contribution in [2.45, 2.75) is 25.9 Å². The van der Waals surface area contributed by atoms with Crippen LogP contribution in [-0.4, -0.2) is 42.5 Å². The van der Waals surface area contributed by atoms with Gasteiger partial charge in [-0.2, -0.15) is 0 Å². The topological polar surface area (TPSA) is 44.4 Å². The zero-order valence-corrected chi connectivity index (χ0v) is 12.4. The van der Waals surface area contributed by atoms with Crippen molar-refractivity contribution in [2.75, 3.05) is 25.0 Å². The van der Waals surface area contributed by atoms with Crippen LogP contribution in [0.25, 0.3) is 0 Å². The molecular weight excluding hydrogens is 281 g/mol. The molecule has 20 heavy (non-hydrogen) atoms. The lowest BCUT2D eigenvalue weighted by Gasteiger charge is -2.35. The zero-order chi connectivity index (χ0) is 14.7. The van der Waals surface area contributed by atoms with Crippen LogP contribution in [-0.2, 0) is 4.79 Å². The number of rotatable bonds is 3. The molecule has 1 aliphatic rings. The Morgan fingerprint density at radius 2 is 2.10 bits per heavy atom. The number of piperazine rings is 1. The minimum Gasteiger partial charge on any atom is -0.324 e. The van der Waals surface area contributed by atoms with E-state index in [2.05, 4.69) is 29.4 Å². The molecular formula is C14H19ClFN3O. The Morgan fingerprint density at radius 1 is 1.45 bits per heavy atom. The molecule has 0 aromatic heterocycles. The smallest absolute Gasteiger partial charge is 0.238 e. The van der Waals surface area contributed by atoms with Gasteiger partial charge in [-0.05, 0) is 32.0 Å². The Labute approximate surface area is 123 Å². The van der Waals surface area contributed by atoms with Crippen molar-refractivity contribution in [1.82, 2.24) is 10.2 Å². The first kappa shape index (κ1) is 15.2. The molecule has 6 heteroatoms. The molecule has 2 rings (SSSR count). The van der Waals surface area contributed by atoms with E-state index in [0.29, 0.717) is 24.3 Å². The van der Waals surface area contributed by atoms with E-state index in [1.807, 2.05) is 0 Å². The molecule has 1 fully saturated rings. The van der Waals surface area contributed by atoms with E-state index >= 15 is 0 Å². The third kappa shape index (κ3) is 4.16. The van der Waals surface area contributed by atoms with Gasteiger partial charge in [0.25, 0.3) is 0 Å². The summed E-state index contributed by atoms with van der Waals surface area (Å²) in [5.74, 6) is -0.558. The maximum Gasteiger partial charge on any atom is 0.238 e. The van der Waals surface area contributed by atoms with Gasteiger partial charge in [0.2, 0.25) is 5.91 Å². The number of benzene rings is 1. The summed E-state index contributed by atoms with van der Waals surface area (Å²) in [6.45, 7) is 6.16. The molecule has 1 aliphatic heterocycles. The van der Waals surface area contributed by atoms with Gasteiger partial charge in [-0.3, -0.25) is 9.69 Å². The fourth-order valence-corrected chi connectivity index (χ4v) is 2.77. The van der Waals surface area contributed by atoms with E-state index in [9.17, 15) is 9.18 Å². The van der Waals surface area contributed by atoms with E-state index in [0.717, 1.165) is 13.1 Å². The molecule has 4 nitrogen and oxygen atoms in total. The number of carbonyl (C=O) groups is 1. The highest BCUT2D eigenvalue weighted by Gasteiger charge is 2.22. The van der Waals surface area contributed by atoms with Gasteiger partial charge < -0.3 is 10.6 Å². The van der Waals surface area contributed by atoms with Crippen LogP contribution in [0.4, 0.5) is 10.1 Å². The van der Waals surface area contributed by atoms with Gasteiger partial charge in [-0.15, -0.1) is 0 Å². The molecule has 2 unspecified atom stereocenters. The highest BCUT2D eigenvalue weighted by Crippen LogP contribution is 2.22. The molecule has 1 aromatic rings.